The van der Waals surface area contributed by atoms with Crippen LogP contribution in [0.25, 0.3) is 10.9 Å². The zero-order chi connectivity index (χ0) is 10.8. The van der Waals surface area contributed by atoms with Crippen LogP contribution in [0.4, 0.5) is 5.82 Å². The van der Waals surface area contributed by atoms with Crippen molar-refractivity contribution < 1.29 is 0 Å². The minimum atomic E-state index is 0.672. The van der Waals surface area contributed by atoms with Crippen LogP contribution in [0.1, 0.15) is 25.0 Å². The monoisotopic (exact) mass is 200 g/mol. The van der Waals surface area contributed by atoms with Crippen LogP contribution in [-0.2, 0) is 12.8 Å². The van der Waals surface area contributed by atoms with E-state index in [0.717, 1.165) is 23.9 Å². The van der Waals surface area contributed by atoms with Gasteiger partial charge in [0.05, 0.1) is 5.52 Å². The first kappa shape index (κ1) is 9.97. The summed E-state index contributed by atoms with van der Waals surface area (Å²) in [5, 5.41) is 1.19. The lowest BCUT2D eigenvalue weighted by atomic mass is 10.0. The van der Waals surface area contributed by atoms with Gasteiger partial charge in [-0.3, -0.25) is 0 Å². The molecule has 1 heterocycles. The fourth-order valence-corrected chi connectivity index (χ4v) is 1.89. The molecule has 0 radical (unpaired) electrons. The molecule has 0 saturated heterocycles. The van der Waals surface area contributed by atoms with Crippen LogP contribution >= 0.6 is 0 Å². The van der Waals surface area contributed by atoms with Crippen molar-refractivity contribution in [3.05, 3.63) is 35.4 Å². The molecule has 2 heteroatoms. The highest BCUT2D eigenvalue weighted by atomic mass is 14.8. The quantitative estimate of drug-likeness (QED) is 0.809. The Kier molecular flexibility index (Phi) is 2.58. The maximum Gasteiger partial charge on any atom is 0.127 e. The Morgan fingerprint density at radius 1 is 1.13 bits per heavy atom. The van der Waals surface area contributed by atoms with Crippen molar-refractivity contribution in [2.24, 2.45) is 0 Å². The van der Waals surface area contributed by atoms with Gasteiger partial charge in [-0.2, -0.15) is 0 Å². The minimum absolute atomic E-state index is 0.672. The van der Waals surface area contributed by atoms with Crippen molar-refractivity contribution in [1.29, 1.82) is 0 Å². The van der Waals surface area contributed by atoms with E-state index in [9.17, 15) is 0 Å². The van der Waals surface area contributed by atoms with Gasteiger partial charge in [-0.05, 0) is 30.0 Å². The number of aryl methyl sites for hydroxylation is 2. The minimum Gasteiger partial charge on any atom is -0.383 e. The maximum atomic E-state index is 5.91. The van der Waals surface area contributed by atoms with Crippen LogP contribution < -0.4 is 5.73 Å². The van der Waals surface area contributed by atoms with Gasteiger partial charge < -0.3 is 5.73 Å². The number of hydrogen-bond donors (Lipinski definition) is 1. The molecule has 0 saturated carbocycles. The second kappa shape index (κ2) is 3.89. The van der Waals surface area contributed by atoms with Crippen molar-refractivity contribution in [2.45, 2.75) is 26.7 Å². The lowest BCUT2D eigenvalue weighted by molar-refractivity contribution is 1.11. The van der Waals surface area contributed by atoms with Crippen molar-refractivity contribution in [3.63, 3.8) is 0 Å². The zero-order valence-corrected chi connectivity index (χ0v) is 9.25. The summed E-state index contributed by atoms with van der Waals surface area (Å²) in [6.45, 7) is 4.24. The third kappa shape index (κ3) is 1.67. The van der Waals surface area contributed by atoms with Crippen molar-refractivity contribution >= 4 is 16.7 Å². The Bertz CT molecular complexity index is 489. The number of rotatable bonds is 2. The molecule has 0 bridgehead atoms. The molecule has 0 aliphatic heterocycles. The largest absolute Gasteiger partial charge is 0.383 e. The van der Waals surface area contributed by atoms with Gasteiger partial charge in [-0.15, -0.1) is 0 Å². The van der Waals surface area contributed by atoms with E-state index in [1.54, 1.807) is 0 Å². The first-order valence-corrected chi connectivity index (χ1v) is 5.43. The highest BCUT2D eigenvalue weighted by Crippen LogP contribution is 2.22. The molecule has 0 amide bonds. The number of anilines is 1. The number of para-hydroxylation sites is 1. The van der Waals surface area contributed by atoms with Gasteiger partial charge in [-0.1, -0.05) is 32.0 Å². The van der Waals surface area contributed by atoms with Crippen LogP contribution in [-0.4, -0.2) is 4.98 Å². The molecule has 2 rings (SSSR count). The van der Waals surface area contributed by atoms with Gasteiger partial charge >= 0.3 is 0 Å². The summed E-state index contributed by atoms with van der Waals surface area (Å²) in [4.78, 5) is 4.50. The molecule has 0 unspecified atom stereocenters. The molecule has 0 spiro atoms. The van der Waals surface area contributed by atoms with Crippen molar-refractivity contribution in [2.75, 3.05) is 5.73 Å². The number of nitrogen functional groups attached to an aromatic ring is 1. The molecule has 0 fully saturated rings. The molecule has 0 aliphatic rings. The van der Waals surface area contributed by atoms with E-state index < -0.39 is 0 Å². The van der Waals surface area contributed by atoms with Gasteiger partial charge in [-0.25, -0.2) is 4.98 Å². The molecule has 1 aromatic heterocycles. The third-order valence-electron chi connectivity index (χ3n) is 2.80. The Balaban J connectivity index is 2.74. The third-order valence-corrected chi connectivity index (χ3v) is 2.80. The predicted molar refractivity (Wildman–Crippen MR) is 64.9 cm³/mol. The Labute approximate surface area is 90.1 Å². The first-order valence-electron chi connectivity index (χ1n) is 5.43. The van der Waals surface area contributed by atoms with Crippen LogP contribution in [0.3, 0.4) is 0 Å². The number of nitrogens with two attached hydrogens (primary N) is 1. The SMILES string of the molecule is CCc1cc2cccc(CC)c2nc1N. The van der Waals surface area contributed by atoms with Crippen LogP contribution in [0.5, 0.6) is 0 Å². The van der Waals surface area contributed by atoms with Gasteiger partial charge in [0.25, 0.3) is 0 Å². The number of aromatic nitrogens is 1. The molecule has 0 aliphatic carbocycles. The van der Waals surface area contributed by atoms with E-state index in [1.165, 1.54) is 10.9 Å². The normalized spacial score (nSPS) is 10.8. The van der Waals surface area contributed by atoms with E-state index in [-0.39, 0.29) is 0 Å². The van der Waals surface area contributed by atoms with Gasteiger partial charge in [0.1, 0.15) is 5.82 Å². The second-order valence-corrected chi connectivity index (χ2v) is 3.73. The topological polar surface area (TPSA) is 38.9 Å². The number of nitrogens with zero attached hydrogens (tertiary/aromatic N) is 1. The smallest absolute Gasteiger partial charge is 0.127 e. The molecule has 1 aromatic carbocycles. The van der Waals surface area contributed by atoms with Gasteiger partial charge in [0, 0.05) is 5.39 Å². The Morgan fingerprint density at radius 3 is 2.53 bits per heavy atom. The molecule has 2 nitrogen and oxygen atoms in total. The number of fused-ring (bicyclic) bond motifs is 1. The van der Waals surface area contributed by atoms with Crippen LogP contribution in [0, 0.1) is 0 Å². The Morgan fingerprint density at radius 2 is 1.87 bits per heavy atom. The fourth-order valence-electron chi connectivity index (χ4n) is 1.89. The molecule has 15 heavy (non-hydrogen) atoms. The molecule has 2 aromatic rings. The summed E-state index contributed by atoms with van der Waals surface area (Å²) in [6, 6.07) is 8.44. The van der Waals surface area contributed by atoms with E-state index in [1.807, 2.05) is 0 Å². The predicted octanol–water partition coefficient (Wildman–Crippen LogP) is 2.94. The molecule has 2 N–H and O–H groups in total. The highest BCUT2D eigenvalue weighted by Gasteiger charge is 2.04. The molecule has 78 valence electrons. The molecule has 0 atom stereocenters. The fraction of sp³-hybridized carbons (Fsp3) is 0.308. The summed E-state index contributed by atoms with van der Waals surface area (Å²) in [5.74, 6) is 0.672. The second-order valence-electron chi connectivity index (χ2n) is 3.73. The van der Waals surface area contributed by atoms with E-state index in [4.69, 9.17) is 5.73 Å². The number of pyridine rings is 1. The van der Waals surface area contributed by atoms with Crippen LogP contribution in [0.2, 0.25) is 0 Å². The lowest BCUT2D eigenvalue weighted by Gasteiger charge is -2.07. The number of hydrogen-bond acceptors (Lipinski definition) is 2. The van der Waals surface area contributed by atoms with Crippen molar-refractivity contribution in [1.82, 2.24) is 4.98 Å². The standard InChI is InChI=1S/C13H16N2/c1-3-9-6-5-7-11-8-10(4-2)13(14)15-12(9)11/h5-8H,3-4H2,1-2H3,(H2,14,15). The molecular weight excluding hydrogens is 184 g/mol. The van der Waals surface area contributed by atoms with E-state index in [2.05, 4.69) is 43.1 Å². The first-order chi connectivity index (χ1) is 7.26. The Hall–Kier alpha value is -1.57. The summed E-state index contributed by atoms with van der Waals surface area (Å²) in [6.07, 6.45) is 1.93. The van der Waals surface area contributed by atoms with Gasteiger partial charge in [0.2, 0.25) is 0 Å². The van der Waals surface area contributed by atoms with Crippen LogP contribution in [0.15, 0.2) is 24.3 Å². The summed E-state index contributed by atoms with van der Waals surface area (Å²) >= 11 is 0. The zero-order valence-electron chi connectivity index (χ0n) is 9.25. The number of benzene rings is 1. The average Bonchev–Trinajstić information content (AvgIpc) is 2.27. The highest BCUT2D eigenvalue weighted by molar-refractivity contribution is 5.84. The maximum absolute atomic E-state index is 5.91. The average molecular weight is 200 g/mol. The lowest BCUT2D eigenvalue weighted by Crippen LogP contribution is -1.98. The summed E-state index contributed by atoms with van der Waals surface area (Å²) in [7, 11) is 0. The van der Waals surface area contributed by atoms with Gasteiger partial charge in [0.15, 0.2) is 0 Å². The summed E-state index contributed by atoms with van der Waals surface area (Å²) < 4.78 is 0. The van der Waals surface area contributed by atoms with E-state index >= 15 is 0 Å². The van der Waals surface area contributed by atoms with E-state index in [0.29, 0.717) is 5.82 Å². The molecular formula is C13H16N2. The van der Waals surface area contributed by atoms with Crippen molar-refractivity contribution in [3.8, 4) is 0 Å². The summed E-state index contributed by atoms with van der Waals surface area (Å²) in [5.41, 5.74) is 9.36.